The third-order valence-corrected chi connectivity index (χ3v) is 5.11. The Morgan fingerprint density at radius 1 is 1.21 bits per heavy atom. The summed E-state index contributed by atoms with van der Waals surface area (Å²) in [5, 5.41) is 5.63. The quantitative estimate of drug-likeness (QED) is 0.622. The predicted octanol–water partition coefficient (Wildman–Crippen LogP) is 1.98. The minimum absolute atomic E-state index is 0.0145. The van der Waals surface area contributed by atoms with E-state index in [4.69, 9.17) is 16.3 Å². The maximum Gasteiger partial charge on any atom is 0.329 e. The number of likely N-dealkylation sites (N-methyl/N-ethyl adjacent to an activating group) is 1. The minimum Gasteiger partial charge on any atom is -0.454 e. The molecule has 1 fully saturated rings. The van der Waals surface area contributed by atoms with Crippen molar-refractivity contribution < 1.29 is 23.9 Å². The van der Waals surface area contributed by atoms with Gasteiger partial charge in [0.15, 0.2) is 6.61 Å². The molecule has 1 unspecified atom stereocenters. The zero-order chi connectivity index (χ0) is 21.4. The van der Waals surface area contributed by atoms with Crippen molar-refractivity contribution in [1.29, 1.82) is 0 Å². The first-order valence-corrected chi connectivity index (χ1v) is 9.87. The number of nitrogens with zero attached hydrogens (tertiary/aromatic N) is 1. The number of para-hydroxylation sites is 1. The molecule has 2 rings (SSSR count). The Morgan fingerprint density at radius 3 is 2.48 bits per heavy atom. The van der Waals surface area contributed by atoms with Gasteiger partial charge in [-0.05, 0) is 30.9 Å². The summed E-state index contributed by atoms with van der Waals surface area (Å²) in [5.74, 6) is -1.89. The van der Waals surface area contributed by atoms with Crippen LogP contribution in [0.5, 0.6) is 0 Å². The number of amides is 3. The molecule has 0 spiro atoms. The van der Waals surface area contributed by atoms with Gasteiger partial charge in [-0.1, -0.05) is 36.6 Å². The van der Waals surface area contributed by atoms with E-state index < -0.39 is 30.4 Å². The molecular formula is C20H26ClN3O5. The molecule has 1 aliphatic rings. The molecular weight excluding hydrogens is 398 g/mol. The van der Waals surface area contributed by atoms with Gasteiger partial charge in [0.2, 0.25) is 11.8 Å². The first-order valence-electron chi connectivity index (χ1n) is 9.50. The van der Waals surface area contributed by atoms with E-state index in [0.29, 0.717) is 10.7 Å². The van der Waals surface area contributed by atoms with Crippen LogP contribution in [0.2, 0.25) is 5.02 Å². The standard InChI is InChI=1S/C20H26ClN3O5/c1-13(25)22-19(14-7-3-4-8-14)20(28)29-12-18(27)24(2)11-17(26)23-16-10-6-5-9-15(16)21/h5-6,9-10,14,19H,3-4,7-8,11-12H2,1-2H3,(H,22,25)(H,23,26). The van der Waals surface area contributed by atoms with Crippen molar-refractivity contribution in [2.45, 2.75) is 38.6 Å². The SMILES string of the molecule is CC(=O)NC(C(=O)OCC(=O)N(C)CC(=O)Nc1ccccc1Cl)C1CCCC1. The third-order valence-electron chi connectivity index (χ3n) is 4.78. The van der Waals surface area contributed by atoms with E-state index in [2.05, 4.69) is 10.6 Å². The molecule has 0 saturated heterocycles. The van der Waals surface area contributed by atoms with Crippen molar-refractivity contribution in [3.8, 4) is 0 Å². The molecule has 2 N–H and O–H groups in total. The molecule has 1 aliphatic carbocycles. The van der Waals surface area contributed by atoms with Crippen LogP contribution >= 0.6 is 11.6 Å². The Hall–Kier alpha value is -2.61. The highest BCUT2D eigenvalue weighted by atomic mass is 35.5. The maximum absolute atomic E-state index is 12.4. The van der Waals surface area contributed by atoms with Crippen LogP contribution in [0.15, 0.2) is 24.3 Å². The lowest BCUT2D eigenvalue weighted by atomic mass is 9.98. The van der Waals surface area contributed by atoms with E-state index in [0.717, 1.165) is 30.6 Å². The summed E-state index contributed by atoms with van der Waals surface area (Å²) in [4.78, 5) is 49.3. The molecule has 0 radical (unpaired) electrons. The number of carbonyl (C=O) groups is 4. The van der Waals surface area contributed by atoms with Crippen molar-refractivity contribution >= 4 is 41.0 Å². The first kappa shape index (κ1) is 22.7. The number of esters is 1. The van der Waals surface area contributed by atoms with E-state index in [1.165, 1.54) is 14.0 Å². The van der Waals surface area contributed by atoms with E-state index in [9.17, 15) is 19.2 Å². The van der Waals surface area contributed by atoms with Crippen LogP contribution < -0.4 is 10.6 Å². The molecule has 1 saturated carbocycles. The lowest BCUT2D eigenvalue weighted by molar-refractivity contribution is -0.155. The Morgan fingerprint density at radius 2 is 1.86 bits per heavy atom. The second-order valence-corrected chi connectivity index (χ2v) is 7.52. The molecule has 9 heteroatoms. The van der Waals surface area contributed by atoms with Gasteiger partial charge in [-0.3, -0.25) is 14.4 Å². The average molecular weight is 424 g/mol. The van der Waals surface area contributed by atoms with Gasteiger partial charge in [0.1, 0.15) is 6.04 Å². The maximum atomic E-state index is 12.4. The van der Waals surface area contributed by atoms with Crippen LogP contribution in [-0.4, -0.2) is 54.8 Å². The minimum atomic E-state index is -0.753. The van der Waals surface area contributed by atoms with Gasteiger partial charge in [0.25, 0.3) is 5.91 Å². The number of nitrogens with one attached hydrogen (secondary N) is 2. The second kappa shape index (κ2) is 10.8. The number of hydrogen-bond donors (Lipinski definition) is 2. The van der Waals surface area contributed by atoms with Crippen LogP contribution in [0, 0.1) is 5.92 Å². The van der Waals surface area contributed by atoms with Gasteiger partial charge in [-0.15, -0.1) is 0 Å². The average Bonchev–Trinajstić information content (AvgIpc) is 3.20. The predicted molar refractivity (Wildman–Crippen MR) is 108 cm³/mol. The second-order valence-electron chi connectivity index (χ2n) is 7.11. The van der Waals surface area contributed by atoms with Crippen LogP contribution in [0.1, 0.15) is 32.6 Å². The van der Waals surface area contributed by atoms with E-state index in [1.54, 1.807) is 24.3 Å². The number of benzene rings is 1. The third kappa shape index (κ3) is 7.05. The fourth-order valence-electron chi connectivity index (χ4n) is 3.27. The number of anilines is 1. The van der Waals surface area contributed by atoms with Gasteiger partial charge in [-0.25, -0.2) is 4.79 Å². The van der Waals surface area contributed by atoms with Crippen LogP contribution in [-0.2, 0) is 23.9 Å². The number of ether oxygens (including phenoxy) is 1. The summed E-state index contributed by atoms with van der Waals surface area (Å²) >= 11 is 5.99. The molecule has 1 atom stereocenters. The molecule has 1 aromatic rings. The van der Waals surface area contributed by atoms with Crippen LogP contribution in [0.3, 0.4) is 0 Å². The monoisotopic (exact) mass is 423 g/mol. The highest BCUT2D eigenvalue weighted by Gasteiger charge is 2.33. The molecule has 3 amide bonds. The molecule has 0 aliphatic heterocycles. The van der Waals surface area contributed by atoms with Crippen molar-refractivity contribution in [3.05, 3.63) is 29.3 Å². The van der Waals surface area contributed by atoms with Crippen molar-refractivity contribution in [3.63, 3.8) is 0 Å². The number of rotatable bonds is 8. The Labute approximate surface area is 174 Å². The fourth-order valence-corrected chi connectivity index (χ4v) is 3.45. The molecule has 1 aromatic carbocycles. The topological polar surface area (TPSA) is 105 Å². The summed E-state index contributed by atoms with van der Waals surface area (Å²) in [5.41, 5.74) is 0.446. The van der Waals surface area contributed by atoms with E-state index in [-0.39, 0.29) is 18.4 Å². The highest BCUT2D eigenvalue weighted by molar-refractivity contribution is 6.33. The van der Waals surface area contributed by atoms with Crippen LogP contribution in [0.4, 0.5) is 5.69 Å². The molecule has 0 aromatic heterocycles. The molecule has 8 nitrogen and oxygen atoms in total. The molecule has 0 heterocycles. The summed E-state index contributed by atoms with van der Waals surface area (Å²) < 4.78 is 5.12. The Bertz CT molecular complexity index is 764. The Kier molecular flexibility index (Phi) is 8.45. The first-order chi connectivity index (χ1) is 13.8. The summed E-state index contributed by atoms with van der Waals surface area (Å²) in [6, 6.07) is 6.00. The Balaban J connectivity index is 1.83. The number of carbonyl (C=O) groups excluding carboxylic acids is 4. The zero-order valence-corrected chi connectivity index (χ0v) is 17.3. The van der Waals surface area contributed by atoms with Crippen molar-refractivity contribution in [2.24, 2.45) is 5.92 Å². The lowest BCUT2D eigenvalue weighted by Gasteiger charge is -2.23. The van der Waals surface area contributed by atoms with E-state index in [1.807, 2.05) is 0 Å². The van der Waals surface area contributed by atoms with Crippen molar-refractivity contribution in [2.75, 3.05) is 25.5 Å². The van der Waals surface area contributed by atoms with Gasteiger partial charge in [-0.2, -0.15) is 0 Å². The zero-order valence-electron chi connectivity index (χ0n) is 16.6. The van der Waals surface area contributed by atoms with E-state index >= 15 is 0 Å². The van der Waals surface area contributed by atoms with Gasteiger partial charge < -0.3 is 20.3 Å². The number of hydrogen-bond acceptors (Lipinski definition) is 5. The number of halogens is 1. The molecule has 29 heavy (non-hydrogen) atoms. The normalized spacial score (nSPS) is 14.7. The smallest absolute Gasteiger partial charge is 0.329 e. The van der Waals surface area contributed by atoms with Crippen LogP contribution in [0.25, 0.3) is 0 Å². The lowest BCUT2D eigenvalue weighted by Crippen LogP contribution is -2.46. The van der Waals surface area contributed by atoms with Gasteiger partial charge >= 0.3 is 5.97 Å². The summed E-state index contributed by atoms with van der Waals surface area (Å²) in [7, 11) is 1.44. The summed E-state index contributed by atoms with van der Waals surface area (Å²) in [6.07, 6.45) is 3.65. The largest absolute Gasteiger partial charge is 0.454 e. The molecule has 0 bridgehead atoms. The fraction of sp³-hybridized carbons (Fsp3) is 0.500. The van der Waals surface area contributed by atoms with Gasteiger partial charge in [0.05, 0.1) is 17.3 Å². The highest BCUT2D eigenvalue weighted by Crippen LogP contribution is 2.28. The van der Waals surface area contributed by atoms with Crippen molar-refractivity contribution in [1.82, 2.24) is 10.2 Å². The summed E-state index contributed by atoms with van der Waals surface area (Å²) in [6.45, 7) is 0.614. The van der Waals surface area contributed by atoms with Gasteiger partial charge in [0, 0.05) is 14.0 Å². The molecule has 158 valence electrons.